The van der Waals surface area contributed by atoms with E-state index in [4.69, 9.17) is 9.15 Å². The van der Waals surface area contributed by atoms with E-state index in [1.807, 2.05) is 12.1 Å². The molecular formula is C46H29N3O2. The van der Waals surface area contributed by atoms with Crippen LogP contribution in [-0.2, 0) is 0 Å². The summed E-state index contributed by atoms with van der Waals surface area (Å²) >= 11 is 0. The molecule has 3 aromatic heterocycles. The smallest absolute Gasteiger partial charge is 0.187 e. The molecule has 0 radical (unpaired) electrons. The fourth-order valence-electron chi connectivity index (χ4n) is 8.95. The van der Waals surface area contributed by atoms with Crippen molar-refractivity contribution in [3.05, 3.63) is 175 Å². The van der Waals surface area contributed by atoms with Crippen LogP contribution in [0.1, 0.15) is 17.0 Å². The van der Waals surface area contributed by atoms with Crippen LogP contribution in [0.3, 0.4) is 0 Å². The zero-order chi connectivity index (χ0) is 33.2. The van der Waals surface area contributed by atoms with Gasteiger partial charge in [0.15, 0.2) is 6.23 Å². The number of furan rings is 1. The maximum atomic E-state index is 6.73. The highest BCUT2D eigenvalue weighted by Crippen LogP contribution is 2.55. The number of rotatable bonds is 3. The zero-order valence-electron chi connectivity index (χ0n) is 27.4. The van der Waals surface area contributed by atoms with Crippen LogP contribution in [-0.4, -0.2) is 15.4 Å². The van der Waals surface area contributed by atoms with E-state index in [-0.39, 0.29) is 12.1 Å². The molecule has 2 unspecified atom stereocenters. The second-order valence-corrected chi connectivity index (χ2v) is 13.7. The number of anilines is 2. The molecular weight excluding hydrogens is 627 g/mol. The normalized spacial score (nSPS) is 16.4. The third-order valence-corrected chi connectivity index (χ3v) is 11.0. The van der Waals surface area contributed by atoms with Crippen LogP contribution < -0.4 is 9.64 Å². The molecule has 0 fully saturated rings. The summed E-state index contributed by atoms with van der Waals surface area (Å²) in [4.78, 5) is 2.39. The maximum absolute atomic E-state index is 6.73. The lowest BCUT2D eigenvalue weighted by Crippen LogP contribution is -2.32. The topological polar surface area (TPSA) is 35.5 Å². The number of benzene rings is 7. The lowest BCUT2D eigenvalue weighted by atomic mass is 9.93. The van der Waals surface area contributed by atoms with E-state index < -0.39 is 0 Å². The number of hydrogen-bond donors (Lipinski definition) is 0. The van der Waals surface area contributed by atoms with Crippen LogP contribution >= 0.6 is 0 Å². The van der Waals surface area contributed by atoms with Gasteiger partial charge in [0.2, 0.25) is 0 Å². The molecule has 5 heteroatoms. The van der Waals surface area contributed by atoms with Gasteiger partial charge in [-0.2, -0.15) is 0 Å². The number of fused-ring (bicyclic) bond motifs is 13. The largest absolute Gasteiger partial charge is 0.469 e. The lowest BCUT2D eigenvalue weighted by molar-refractivity contribution is 0.234. The molecule has 0 saturated carbocycles. The molecule has 0 amide bonds. The average Bonchev–Trinajstić information content (AvgIpc) is 3.97. The molecule has 7 aromatic carbocycles. The minimum absolute atomic E-state index is 0.119. The van der Waals surface area contributed by atoms with Gasteiger partial charge >= 0.3 is 0 Å². The molecule has 5 nitrogen and oxygen atoms in total. The standard InChI is InChI=1S/C46H29N3O2/c1-2-12-28(13-3-1)49-39-26-29(23-25-35(39)44-36-17-7-11-21-41(36)51-46(44)49)47-37-18-8-4-15-33(37)43-34-16-5-9-19-38(34)48(45(43)47)30-22-24-32-31-14-6-10-20-40(31)50-42(32)27-30/h1-27,44,46H. The van der Waals surface area contributed by atoms with Crippen LogP contribution in [0.4, 0.5) is 11.4 Å². The number of ether oxygens (including phenoxy) is 1. The fraction of sp³-hybridized carbons (Fsp3) is 0.0435. The molecule has 2 aliphatic rings. The Bertz CT molecular complexity index is 3040. The van der Waals surface area contributed by atoms with E-state index >= 15 is 0 Å². The number of para-hydroxylation sites is 5. The van der Waals surface area contributed by atoms with Crippen molar-refractivity contribution < 1.29 is 9.15 Å². The highest BCUT2D eigenvalue weighted by molar-refractivity contribution is 6.22. The SMILES string of the molecule is c1ccc(N2c3cc(-n4c5ccccc5c5c6ccccc6n(-c6ccc7c(c6)oc6ccccc67)c54)ccc3C3c4ccccc4OC32)cc1. The van der Waals surface area contributed by atoms with Crippen LogP contribution in [0.25, 0.3) is 66.2 Å². The first kappa shape index (κ1) is 27.1. The molecule has 2 atom stereocenters. The van der Waals surface area contributed by atoms with E-state index in [9.17, 15) is 0 Å². The zero-order valence-corrected chi connectivity index (χ0v) is 27.4. The van der Waals surface area contributed by atoms with E-state index in [1.165, 1.54) is 33.0 Å². The Labute approximate surface area is 292 Å². The number of aromatic nitrogens is 2. The quantitative estimate of drug-likeness (QED) is 0.190. The second-order valence-electron chi connectivity index (χ2n) is 13.7. The first-order valence-corrected chi connectivity index (χ1v) is 17.5. The van der Waals surface area contributed by atoms with E-state index in [2.05, 4.69) is 166 Å². The Kier molecular flexibility index (Phi) is 5.28. The van der Waals surface area contributed by atoms with Gasteiger partial charge in [0.05, 0.1) is 28.3 Å². The molecule has 0 N–H and O–H groups in total. The van der Waals surface area contributed by atoms with E-state index in [0.717, 1.165) is 61.4 Å². The van der Waals surface area contributed by atoms with Crippen molar-refractivity contribution in [1.29, 1.82) is 0 Å². The molecule has 0 bridgehead atoms. The van der Waals surface area contributed by atoms with Gasteiger partial charge in [0.1, 0.15) is 22.6 Å². The molecule has 240 valence electrons. The summed E-state index contributed by atoms with van der Waals surface area (Å²) in [5.41, 5.74) is 12.2. The van der Waals surface area contributed by atoms with Gasteiger partial charge in [0.25, 0.3) is 0 Å². The molecule has 2 aliphatic heterocycles. The molecule has 51 heavy (non-hydrogen) atoms. The van der Waals surface area contributed by atoms with Crippen molar-refractivity contribution in [2.24, 2.45) is 0 Å². The van der Waals surface area contributed by atoms with Crippen molar-refractivity contribution >= 4 is 66.2 Å². The van der Waals surface area contributed by atoms with Crippen molar-refractivity contribution in [2.75, 3.05) is 4.90 Å². The summed E-state index contributed by atoms with van der Waals surface area (Å²) in [7, 11) is 0. The summed E-state index contributed by atoms with van der Waals surface area (Å²) in [6.07, 6.45) is -0.154. The predicted molar refractivity (Wildman–Crippen MR) is 206 cm³/mol. The first-order chi connectivity index (χ1) is 25.3. The van der Waals surface area contributed by atoms with E-state index in [1.54, 1.807) is 0 Å². The van der Waals surface area contributed by atoms with Crippen LogP contribution in [0, 0.1) is 0 Å². The Morgan fingerprint density at radius 1 is 0.451 bits per heavy atom. The van der Waals surface area contributed by atoms with Gasteiger partial charge in [-0.3, -0.25) is 9.13 Å². The van der Waals surface area contributed by atoms with Crippen LogP contribution in [0.15, 0.2) is 168 Å². The Morgan fingerprint density at radius 2 is 1.08 bits per heavy atom. The van der Waals surface area contributed by atoms with Gasteiger partial charge in [-0.05, 0) is 66.2 Å². The van der Waals surface area contributed by atoms with Crippen molar-refractivity contribution in [3.8, 4) is 17.1 Å². The molecule has 10 aromatic rings. The molecule has 12 rings (SSSR count). The lowest BCUT2D eigenvalue weighted by Gasteiger charge is -2.27. The Morgan fingerprint density at radius 3 is 1.88 bits per heavy atom. The molecule has 5 heterocycles. The van der Waals surface area contributed by atoms with Crippen LogP contribution in [0.5, 0.6) is 5.75 Å². The third kappa shape index (κ3) is 3.59. The average molecular weight is 656 g/mol. The van der Waals surface area contributed by atoms with Crippen molar-refractivity contribution in [1.82, 2.24) is 9.13 Å². The highest BCUT2D eigenvalue weighted by Gasteiger charge is 2.47. The van der Waals surface area contributed by atoms with Crippen molar-refractivity contribution in [3.63, 3.8) is 0 Å². The minimum atomic E-state index is -0.154. The maximum Gasteiger partial charge on any atom is 0.187 e. The molecule has 0 saturated heterocycles. The summed E-state index contributed by atoms with van der Waals surface area (Å²) in [6.45, 7) is 0. The number of nitrogens with zero attached hydrogens (tertiary/aromatic N) is 3. The fourth-order valence-corrected chi connectivity index (χ4v) is 8.95. The minimum Gasteiger partial charge on any atom is -0.469 e. The predicted octanol–water partition coefficient (Wildman–Crippen LogP) is 11.6. The van der Waals surface area contributed by atoms with Gasteiger partial charge < -0.3 is 14.1 Å². The highest BCUT2D eigenvalue weighted by atomic mass is 16.5. The van der Waals surface area contributed by atoms with Crippen LogP contribution in [0.2, 0.25) is 0 Å². The summed E-state index contributed by atoms with van der Waals surface area (Å²) < 4.78 is 18.0. The summed E-state index contributed by atoms with van der Waals surface area (Å²) in [5.74, 6) is 1.08. The van der Waals surface area contributed by atoms with Gasteiger partial charge in [-0.1, -0.05) is 97.1 Å². The van der Waals surface area contributed by atoms with Crippen molar-refractivity contribution in [2.45, 2.75) is 12.1 Å². The van der Waals surface area contributed by atoms with Gasteiger partial charge in [-0.25, -0.2) is 0 Å². The monoisotopic (exact) mass is 655 g/mol. The summed E-state index contributed by atoms with van der Waals surface area (Å²) in [6, 6.07) is 58.6. The molecule has 0 aliphatic carbocycles. The van der Waals surface area contributed by atoms with Gasteiger partial charge in [-0.15, -0.1) is 0 Å². The Hall–Kier alpha value is -6.72. The third-order valence-electron chi connectivity index (χ3n) is 11.0. The first-order valence-electron chi connectivity index (χ1n) is 17.5. The summed E-state index contributed by atoms with van der Waals surface area (Å²) in [5, 5.41) is 5.94. The number of hydrogen-bond acceptors (Lipinski definition) is 3. The van der Waals surface area contributed by atoms with E-state index in [0.29, 0.717) is 0 Å². The second kappa shape index (κ2) is 9.93. The van der Waals surface area contributed by atoms with Gasteiger partial charge in [0, 0.05) is 49.9 Å². The Balaban J connectivity index is 1.15. The molecule has 0 spiro atoms.